The molecule has 0 radical (unpaired) electrons. The lowest BCUT2D eigenvalue weighted by atomic mass is 10.0. The van der Waals surface area contributed by atoms with Crippen LogP contribution in [-0.2, 0) is 14.2 Å². The van der Waals surface area contributed by atoms with Gasteiger partial charge in [-0.15, -0.1) is 0 Å². The van der Waals surface area contributed by atoms with Crippen molar-refractivity contribution in [1.82, 2.24) is 10.6 Å². The van der Waals surface area contributed by atoms with Gasteiger partial charge in [0.25, 0.3) is 0 Å². The van der Waals surface area contributed by atoms with E-state index in [4.69, 9.17) is 14.2 Å². The average Bonchev–Trinajstić information content (AvgIpc) is 2.87. The van der Waals surface area contributed by atoms with Crippen LogP contribution in [0, 0.1) is 0 Å². The molecule has 0 saturated carbocycles. The van der Waals surface area contributed by atoms with Gasteiger partial charge in [0.05, 0.1) is 19.8 Å². The van der Waals surface area contributed by atoms with Gasteiger partial charge in [0, 0.05) is 45.3 Å². The van der Waals surface area contributed by atoms with Crippen LogP contribution in [0.15, 0.2) is 0 Å². The van der Waals surface area contributed by atoms with Gasteiger partial charge in [-0.25, -0.2) is 0 Å². The fourth-order valence-electron chi connectivity index (χ4n) is 2.60. The molecule has 0 spiro atoms. The maximum Gasteiger partial charge on any atom is 0.106 e. The Kier molecular flexibility index (Phi) is 5.38. The van der Waals surface area contributed by atoms with Gasteiger partial charge < -0.3 is 24.8 Å². The Morgan fingerprint density at radius 3 is 2.94 bits per heavy atom. The maximum atomic E-state index is 5.61. The largest absolute Gasteiger partial charge is 0.379 e. The summed E-state index contributed by atoms with van der Waals surface area (Å²) < 4.78 is 16.5. The molecule has 2 fully saturated rings. The van der Waals surface area contributed by atoms with Gasteiger partial charge in [-0.1, -0.05) is 0 Å². The second-order valence-electron chi connectivity index (χ2n) is 5.43. The SMILES string of the molecule is COC1(CNC(C)CC2COCCN2)CCOC1. The number of nitrogens with one attached hydrogen (secondary N) is 2. The van der Waals surface area contributed by atoms with Crippen molar-refractivity contribution in [1.29, 1.82) is 0 Å². The van der Waals surface area contributed by atoms with Gasteiger partial charge >= 0.3 is 0 Å². The summed E-state index contributed by atoms with van der Waals surface area (Å²) in [5.74, 6) is 0. The molecule has 0 aromatic carbocycles. The number of ether oxygens (including phenoxy) is 3. The highest BCUT2D eigenvalue weighted by Crippen LogP contribution is 2.21. The minimum absolute atomic E-state index is 0.120. The van der Waals surface area contributed by atoms with E-state index in [1.165, 1.54) is 0 Å². The van der Waals surface area contributed by atoms with Crippen LogP contribution in [0.25, 0.3) is 0 Å². The van der Waals surface area contributed by atoms with Crippen LogP contribution >= 0.6 is 0 Å². The van der Waals surface area contributed by atoms with E-state index in [9.17, 15) is 0 Å². The van der Waals surface area contributed by atoms with Crippen molar-refractivity contribution >= 4 is 0 Å². The molecule has 3 atom stereocenters. The molecule has 0 aromatic heterocycles. The van der Waals surface area contributed by atoms with Crippen molar-refractivity contribution in [3.8, 4) is 0 Å². The van der Waals surface area contributed by atoms with E-state index in [1.807, 2.05) is 0 Å². The fourth-order valence-corrected chi connectivity index (χ4v) is 2.60. The summed E-state index contributed by atoms with van der Waals surface area (Å²) in [6.45, 7) is 7.21. The van der Waals surface area contributed by atoms with Gasteiger partial charge in [0.2, 0.25) is 0 Å². The third kappa shape index (κ3) is 3.90. The quantitative estimate of drug-likeness (QED) is 0.710. The van der Waals surface area contributed by atoms with Crippen molar-refractivity contribution in [2.75, 3.05) is 46.6 Å². The molecular weight excluding hydrogens is 232 g/mol. The average molecular weight is 258 g/mol. The molecule has 3 unspecified atom stereocenters. The van der Waals surface area contributed by atoms with Gasteiger partial charge in [-0.3, -0.25) is 0 Å². The highest BCUT2D eigenvalue weighted by Gasteiger charge is 2.35. The van der Waals surface area contributed by atoms with Crippen LogP contribution < -0.4 is 10.6 Å². The number of methoxy groups -OCH3 is 1. The molecule has 2 saturated heterocycles. The standard InChI is InChI=1S/C13H26N2O3/c1-11(7-12-8-17-6-4-14-12)15-9-13(16-2)3-5-18-10-13/h11-12,14-15H,3-10H2,1-2H3. The Bertz CT molecular complexity index is 238. The maximum absolute atomic E-state index is 5.61. The van der Waals surface area contributed by atoms with Gasteiger partial charge in [-0.05, 0) is 13.3 Å². The molecule has 2 rings (SSSR count). The zero-order valence-electron chi connectivity index (χ0n) is 11.5. The number of rotatable bonds is 6. The fraction of sp³-hybridized carbons (Fsp3) is 1.00. The topological polar surface area (TPSA) is 51.8 Å². The molecule has 5 nitrogen and oxygen atoms in total. The molecule has 18 heavy (non-hydrogen) atoms. The van der Waals surface area contributed by atoms with E-state index in [-0.39, 0.29) is 5.60 Å². The molecule has 2 aliphatic rings. The van der Waals surface area contributed by atoms with E-state index < -0.39 is 0 Å². The van der Waals surface area contributed by atoms with Crippen molar-refractivity contribution in [2.45, 2.75) is 37.5 Å². The van der Waals surface area contributed by atoms with E-state index >= 15 is 0 Å². The molecule has 0 aliphatic carbocycles. The minimum atomic E-state index is -0.120. The van der Waals surface area contributed by atoms with Gasteiger partial charge in [0.15, 0.2) is 0 Å². The van der Waals surface area contributed by atoms with Gasteiger partial charge in [-0.2, -0.15) is 0 Å². The molecule has 106 valence electrons. The van der Waals surface area contributed by atoms with E-state index in [0.717, 1.165) is 45.8 Å². The summed E-state index contributed by atoms with van der Waals surface area (Å²) >= 11 is 0. The van der Waals surface area contributed by atoms with E-state index in [0.29, 0.717) is 18.7 Å². The predicted molar refractivity (Wildman–Crippen MR) is 69.9 cm³/mol. The second-order valence-corrected chi connectivity index (χ2v) is 5.43. The van der Waals surface area contributed by atoms with Crippen LogP contribution in [-0.4, -0.2) is 64.3 Å². The molecule has 2 aliphatic heterocycles. The van der Waals surface area contributed by atoms with Crippen molar-refractivity contribution in [2.24, 2.45) is 0 Å². The second kappa shape index (κ2) is 6.82. The van der Waals surface area contributed by atoms with Crippen molar-refractivity contribution in [3.63, 3.8) is 0 Å². The normalized spacial score (nSPS) is 34.7. The molecule has 0 bridgehead atoms. The summed E-state index contributed by atoms with van der Waals surface area (Å²) in [4.78, 5) is 0. The van der Waals surface area contributed by atoms with Crippen LogP contribution in [0.5, 0.6) is 0 Å². The van der Waals surface area contributed by atoms with Crippen molar-refractivity contribution < 1.29 is 14.2 Å². The Labute approximate surface area is 110 Å². The summed E-state index contributed by atoms with van der Waals surface area (Å²) in [5.41, 5.74) is -0.120. The first-order valence-corrected chi connectivity index (χ1v) is 6.91. The lowest BCUT2D eigenvalue weighted by molar-refractivity contribution is -0.0179. The first-order chi connectivity index (χ1) is 8.74. The molecule has 0 amide bonds. The van der Waals surface area contributed by atoms with Crippen LogP contribution in [0.1, 0.15) is 19.8 Å². The van der Waals surface area contributed by atoms with E-state index in [1.54, 1.807) is 7.11 Å². The summed E-state index contributed by atoms with van der Waals surface area (Å²) in [7, 11) is 1.78. The van der Waals surface area contributed by atoms with E-state index in [2.05, 4.69) is 17.6 Å². The van der Waals surface area contributed by atoms with Crippen molar-refractivity contribution in [3.05, 3.63) is 0 Å². The molecule has 5 heteroatoms. The number of hydrogen-bond donors (Lipinski definition) is 2. The lowest BCUT2D eigenvalue weighted by Gasteiger charge is -2.30. The zero-order valence-corrected chi connectivity index (χ0v) is 11.5. The van der Waals surface area contributed by atoms with Gasteiger partial charge in [0.1, 0.15) is 5.60 Å². The Hall–Kier alpha value is -0.200. The predicted octanol–water partition coefficient (Wildman–Crippen LogP) is 0.149. The monoisotopic (exact) mass is 258 g/mol. The minimum Gasteiger partial charge on any atom is -0.379 e. The summed E-state index contributed by atoms with van der Waals surface area (Å²) in [5, 5.41) is 7.04. The Morgan fingerprint density at radius 2 is 2.33 bits per heavy atom. The Morgan fingerprint density at radius 1 is 1.44 bits per heavy atom. The molecule has 2 N–H and O–H groups in total. The first kappa shape index (κ1) is 14.2. The molecular formula is C13H26N2O3. The van der Waals surface area contributed by atoms with Crippen LogP contribution in [0.3, 0.4) is 0 Å². The number of morpholine rings is 1. The van der Waals surface area contributed by atoms with Crippen LogP contribution in [0.2, 0.25) is 0 Å². The third-order valence-corrected chi connectivity index (χ3v) is 3.91. The third-order valence-electron chi connectivity index (χ3n) is 3.91. The smallest absolute Gasteiger partial charge is 0.106 e. The molecule has 2 heterocycles. The summed E-state index contributed by atoms with van der Waals surface area (Å²) in [6, 6.07) is 0.927. The zero-order chi connectivity index (χ0) is 12.8. The number of hydrogen-bond acceptors (Lipinski definition) is 5. The molecule has 0 aromatic rings. The lowest BCUT2D eigenvalue weighted by Crippen LogP contribution is -2.49. The highest BCUT2D eigenvalue weighted by molar-refractivity contribution is 4.88. The Balaban J connectivity index is 1.68. The first-order valence-electron chi connectivity index (χ1n) is 6.91. The highest BCUT2D eigenvalue weighted by atomic mass is 16.5. The van der Waals surface area contributed by atoms with Crippen LogP contribution in [0.4, 0.5) is 0 Å². The summed E-state index contributed by atoms with van der Waals surface area (Å²) in [6.07, 6.45) is 2.06.